The van der Waals surface area contributed by atoms with Crippen LogP contribution in [0.3, 0.4) is 0 Å². The fraction of sp³-hybridized carbons (Fsp3) is 0.294. The summed E-state index contributed by atoms with van der Waals surface area (Å²) in [5, 5.41) is 0. The van der Waals surface area contributed by atoms with Crippen molar-refractivity contribution in [2.75, 3.05) is 25.2 Å². The lowest BCUT2D eigenvalue weighted by Gasteiger charge is -2.32. The lowest BCUT2D eigenvalue weighted by Crippen LogP contribution is -2.32. The Bertz CT molecular complexity index is 592. The molecule has 0 bridgehead atoms. The first kappa shape index (κ1) is 12.9. The van der Waals surface area contributed by atoms with E-state index in [1.54, 1.807) is 7.11 Å². The summed E-state index contributed by atoms with van der Waals surface area (Å²) in [5.74, 6) is 1.89. The van der Waals surface area contributed by atoms with Crippen molar-refractivity contribution in [2.24, 2.45) is 0 Å². The maximum absolute atomic E-state index is 5.75. The predicted molar refractivity (Wildman–Crippen MR) is 80.7 cm³/mol. The van der Waals surface area contributed by atoms with Crippen molar-refractivity contribution in [2.45, 2.75) is 13.5 Å². The van der Waals surface area contributed by atoms with Gasteiger partial charge in [-0.25, -0.2) is 0 Å². The number of benzene rings is 2. The number of methoxy groups -OCH3 is 1. The molecular formula is C17H19NO2. The van der Waals surface area contributed by atoms with Crippen LogP contribution in [0.2, 0.25) is 0 Å². The normalized spacial score (nSPS) is 13.6. The number of fused-ring (bicyclic) bond motifs is 1. The topological polar surface area (TPSA) is 21.7 Å². The van der Waals surface area contributed by atoms with E-state index in [9.17, 15) is 0 Å². The molecule has 2 aromatic rings. The summed E-state index contributed by atoms with van der Waals surface area (Å²) < 4.78 is 10.9. The zero-order chi connectivity index (χ0) is 13.9. The fourth-order valence-corrected chi connectivity index (χ4v) is 2.64. The van der Waals surface area contributed by atoms with Gasteiger partial charge in [0.25, 0.3) is 0 Å². The van der Waals surface area contributed by atoms with Crippen LogP contribution < -0.4 is 14.4 Å². The number of nitrogens with zero attached hydrogens (tertiary/aromatic N) is 1. The van der Waals surface area contributed by atoms with E-state index in [0.717, 1.165) is 31.2 Å². The monoisotopic (exact) mass is 269 g/mol. The molecule has 1 aliphatic rings. The van der Waals surface area contributed by atoms with Gasteiger partial charge in [0.1, 0.15) is 18.1 Å². The Balaban J connectivity index is 1.85. The second kappa shape index (κ2) is 5.45. The quantitative estimate of drug-likeness (QED) is 0.852. The van der Waals surface area contributed by atoms with Crippen molar-refractivity contribution in [1.29, 1.82) is 0 Å². The highest BCUT2D eigenvalue weighted by atomic mass is 16.5. The molecule has 0 atom stereocenters. The first-order chi connectivity index (χ1) is 9.78. The summed E-state index contributed by atoms with van der Waals surface area (Å²) in [6.07, 6.45) is 0. The summed E-state index contributed by atoms with van der Waals surface area (Å²) in [6, 6.07) is 14.5. The van der Waals surface area contributed by atoms with Crippen LogP contribution in [0.4, 0.5) is 5.69 Å². The van der Waals surface area contributed by atoms with Gasteiger partial charge in [-0.05, 0) is 36.2 Å². The van der Waals surface area contributed by atoms with Crippen LogP contribution in [-0.4, -0.2) is 20.3 Å². The zero-order valence-corrected chi connectivity index (χ0v) is 11.9. The molecule has 3 heteroatoms. The molecule has 1 heterocycles. The predicted octanol–water partition coefficient (Wildman–Crippen LogP) is 3.40. The maximum Gasteiger partial charge on any atom is 0.142 e. The van der Waals surface area contributed by atoms with Gasteiger partial charge in [0.05, 0.1) is 19.3 Å². The standard InChI is InChI=1S/C17H19NO2/c1-13-4-3-5-16-17(13)18(10-11-20-16)12-14-6-8-15(19-2)9-7-14/h3-9H,10-12H2,1-2H3. The van der Waals surface area contributed by atoms with Gasteiger partial charge in [-0.3, -0.25) is 0 Å². The highest BCUT2D eigenvalue weighted by Crippen LogP contribution is 2.35. The molecule has 0 saturated heterocycles. The molecule has 0 amide bonds. The van der Waals surface area contributed by atoms with Gasteiger partial charge in [-0.15, -0.1) is 0 Å². The first-order valence-electron chi connectivity index (χ1n) is 6.88. The van der Waals surface area contributed by atoms with Crippen LogP contribution in [0, 0.1) is 6.92 Å². The molecule has 1 aliphatic heterocycles. The van der Waals surface area contributed by atoms with E-state index in [1.165, 1.54) is 16.8 Å². The Morgan fingerprint density at radius 3 is 2.70 bits per heavy atom. The highest BCUT2D eigenvalue weighted by Gasteiger charge is 2.19. The van der Waals surface area contributed by atoms with Gasteiger partial charge in [-0.1, -0.05) is 24.3 Å². The summed E-state index contributed by atoms with van der Waals surface area (Å²) in [4.78, 5) is 2.38. The Morgan fingerprint density at radius 2 is 1.95 bits per heavy atom. The van der Waals surface area contributed by atoms with Gasteiger partial charge < -0.3 is 14.4 Å². The number of para-hydroxylation sites is 1. The van der Waals surface area contributed by atoms with Gasteiger partial charge in [0.2, 0.25) is 0 Å². The molecule has 0 fully saturated rings. The Labute approximate surface area is 119 Å². The molecule has 0 aromatic heterocycles. The van der Waals surface area contributed by atoms with Gasteiger partial charge in [-0.2, -0.15) is 0 Å². The molecule has 3 rings (SSSR count). The van der Waals surface area contributed by atoms with Crippen LogP contribution in [0.25, 0.3) is 0 Å². The van der Waals surface area contributed by atoms with E-state index in [0.29, 0.717) is 0 Å². The molecular weight excluding hydrogens is 250 g/mol. The molecule has 0 unspecified atom stereocenters. The van der Waals surface area contributed by atoms with Crippen LogP contribution in [0.15, 0.2) is 42.5 Å². The number of hydrogen-bond acceptors (Lipinski definition) is 3. The van der Waals surface area contributed by atoms with Gasteiger partial charge >= 0.3 is 0 Å². The van der Waals surface area contributed by atoms with Crippen molar-refractivity contribution < 1.29 is 9.47 Å². The average molecular weight is 269 g/mol. The molecule has 0 N–H and O–H groups in total. The maximum atomic E-state index is 5.75. The molecule has 0 spiro atoms. The Hall–Kier alpha value is -2.16. The Morgan fingerprint density at radius 1 is 1.15 bits per heavy atom. The zero-order valence-electron chi connectivity index (χ0n) is 11.9. The number of anilines is 1. The average Bonchev–Trinajstić information content (AvgIpc) is 2.48. The summed E-state index contributed by atoms with van der Waals surface area (Å²) in [5.41, 5.74) is 3.76. The van der Waals surface area contributed by atoms with E-state index in [1.807, 2.05) is 24.3 Å². The van der Waals surface area contributed by atoms with E-state index < -0.39 is 0 Å². The molecule has 0 saturated carbocycles. The van der Waals surface area contributed by atoms with Crippen LogP contribution in [0.5, 0.6) is 11.5 Å². The largest absolute Gasteiger partial charge is 0.497 e. The summed E-state index contributed by atoms with van der Waals surface area (Å²) in [7, 11) is 1.69. The first-order valence-corrected chi connectivity index (χ1v) is 6.88. The minimum atomic E-state index is 0.743. The SMILES string of the molecule is COc1ccc(CN2CCOc3cccc(C)c32)cc1. The lowest BCUT2D eigenvalue weighted by atomic mass is 10.1. The molecule has 0 radical (unpaired) electrons. The second-order valence-corrected chi connectivity index (χ2v) is 5.04. The van der Waals surface area contributed by atoms with Gasteiger partial charge in [0, 0.05) is 6.54 Å². The van der Waals surface area contributed by atoms with Crippen LogP contribution in [-0.2, 0) is 6.54 Å². The number of ether oxygens (including phenoxy) is 2. The summed E-state index contributed by atoms with van der Waals surface area (Å²) in [6.45, 7) is 4.69. The smallest absolute Gasteiger partial charge is 0.142 e. The van der Waals surface area contributed by atoms with Crippen molar-refractivity contribution in [3.63, 3.8) is 0 Å². The van der Waals surface area contributed by atoms with Crippen molar-refractivity contribution in [1.82, 2.24) is 0 Å². The van der Waals surface area contributed by atoms with Crippen molar-refractivity contribution in [3.8, 4) is 11.5 Å². The minimum absolute atomic E-state index is 0.743. The number of hydrogen-bond donors (Lipinski definition) is 0. The van der Waals surface area contributed by atoms with Crippen molar-refractivity contribution >= 4 is 5.69 Å². The van der Waals surface area contributed by atoms with E-state index in [-0.39, 0.29) is 0 Å². The fourth-order valence-electron chi connectivity index (χ4n) is 2.64. The lowest BCUT2D eigenvalue weighted by molar-refractivity contribution is 0.306. The summed E-state index contributed by atoms with van der Waals surface area (Å²) >= 11 is 0. The third-order valence-electron chi connectivity index (χ3n) is 3.67. The van der Waals surface area contributed by atoms with Crippen LogP contribution >= 0.6 is 0 Å². The highest BCUT2D eigenvalue weighted by molar-refractivity contribution is 5.64. The molecule has 2 aromatic carbocycles. The molecule has 20 heavy (non-hydrogen) atoms. The van der Waals surface area contributed by atoms with E-state index in [2.05, 4.69) is 30.0 Å². The van der Waals surface area contributed by atoms with Crippen molar-refractivity contribution in [3.05, 3.63) is 53.6 Å². The third kappa shape index (κ3) is 2.44. The second-order valence-electron chi connectivity index (χ2n) is 5.04. The van der Waals surface area contributed by atoms with Crippen LogP contribution in [0.1, 0.15) is 11.1 Å². The minimum Gasteiger partial charge on any atom is -0.497 e. The Kier molecular flexibility index (Phi) is 3.50. The number of aryl methyl sites for hydroxylation is 1. The molecule has 0 aliphatic carbocycles. The number of rotatable bonds is 3. The third-order valence-corrected chi connectivity index (χ3v) is 3.67. The van der Waals surface area contributed by atoms with E-state index >= 15 is 0 Å². The van der Waals surface area contributed by atoms with Gasteiger partial charge in [0.15, 0.2) is 0 Å². The van der Waals surface area contributed by atoms with E-state index in [4.69, 9.17) is 9.47 Å². The molecule has 104 valence electrons. The molecule has 3 nitrogen and oxygen atoms in total.